The fraction of sp³-hybridized carbons (Fsp3) is 0.400. The maximum atomic E-state index is 12.3. The Labute approximate surface area is 95.4 Å². The van der Waals surface area contributed by atoms with Crippen molar-refractivity contribution < 1.29 is 18.0 Å². The maximum absolute atomic E-state index is 12.3. The summed E-state index contributed by atoms with van der Waals surface area (Å²) in [5.74, 6) is -0.665. The van der Waals surface area contributed by atoms with Crippen molar-refractivity contribution >= 4 is 17.4 Å². The molecule has 0 atom stereocenters. The van der Waals surface area contributed by atoms with Gasteiger partial charge in [-0.1, -0.05) is 25.4 Å². The number of carbonyl (C=O) groups excluding carboxylic acids is 1. The van der Waals surface area contributed by atoms with Crippen molar-refractivity contribution in [2.75, 3.05) is 0 Å². The van der Waals surface area contributed by atoms with Gasteiger partial charge in [0.25, 0.3) is 0 Å². The highest BCUT2D eigenvalue weighted by Crippen LogP contribution is 2.29. The Hall–Kier alpha value is -1.10. The third kappa shape index (κ3) is 2.72. The lowest BCUT2D eigenvalue weighted by atomic mass is 10.0. The number of nitrogens with zero attached hydrogens (tertiary/aromatic N) is 1. The number of carbonyl (C=O) groups is 1. The molecule has 0 amide bonds. The second kappa shape index (κ2) is 4.41. The van der Waals surface area contributed by atoms with E-state index in [0.29, 0.717) is 0 Å². The number of aromatic nitrogens is 1. The van der Waals surface area contributed by atoms with Crippen LogP contribution in [0.5, 0.6) is 0 Å². The van der Waals surface area contributed by atoms with Crippen LogP contribution in [0.4, 0.5) is 13.2 Å². The Kier molecular flexibility index (Phi) is 3.57. The summed E-state index contributed by atoms with van der Waals surface area (Å²) in [6, 6.07) is 1.81. The predicted molar refractivity (Wildman–Crippen MR) is 53.4 cm³/mol. The molecule has 0 aliphatic carbocycles. The number of hydrogen-bond donors (Lipinski definition) is 0. The van der Waals surface area contributed by atoms with Crippen LogP contribution in [0.2, 0.25) is 5.15 Å². The molecule has 6 heteroatoms. The molecule has 1 rings (SSSR count). The highest BCUT2D eigenvalue weighted by molar-refractivity contribution is 6.32. The van der Waals surface area contributed by atoms with Gasteiger partial charge in [-0.2, -0.15) is 13.2 Å². The molecule has 0 saturated carbocycles. The number of rotatable bonds is 2. The van der Waals surface area contributed by atoms with Gasteiger partial charge in [0, 0.05) is 5.92 Å². The minimum absolute atomic E-state index is 0.0182. The summed E-state index contributed by atoms with van der Waals surface area (Å²) >= 11 is 5.54. The van der Waals surface area contributed by atoms with Crippen molar-refractivity contribution in [3.63, 3.8) is 0 Å². The molecular weight excluding hydrogens is 243 g/mol. The van der Waals surface area contributed by atoms with Gasteiger partial charge >= 0.3 is 6.18 Å². The molecule has 0 fully saturated rings. The minimum atomic E-state index is -4.55. The molecule has 1 heterocycles. The number of halogens is 4. The number of hydrogen-bond acceptors (Lipinski definition) is 2. The number of Topliss-reactive ketones (excluding diaryl/α,β-unsaturated/α-hetero) is 1. The van der Waals surface area contributed by atoms with E-state index in [0.717, 1.165) is 12.1 Å². The van der Waals surface area contributed by atoms with Crippen LogP contribution in [-0.4, -0.2) is 10.8 Å². The lowest BCUT2D eigenvalue weighted by Gasteiger charge is -2.09. The molecule has 16 heavy (non-hydrogen) atoms. The third-order valence-electron chi connectivity index (χ3n) is 1.93. The van der Waals surface area contributed by atoms with E-state index >= 15 is 0 Å². The van der Waals surface area contributed by atoms with Crippen molar-refractivity contribution in [1.29, 1.82) is 0 Å². The summed E-state index contributed by atoms with van der Waals surface area (Å²) in [5.41, 5.74) is -1.08. The van der Waals surface area contributed by atoms with E-state index < -0.39 is 17.0 Å². The van der Waals surface area contributed by atoms with E-state index in [4.69, 9.17) is 11.6 Å². The Morgan fingerprint density at radius 3 is 2.31 bits per heavy atom. The van der Waals surface area contributed by atoms with Gasteiger partial charge in [-0.3, -0.25) is 4.79 Å². The molecule has 0 bridgehead atoms. The van der Waals surface area contributed by atoms with Crippen LogP contribution in [0.1, 0.15) is 29.9 Å². The lowest BCUT2D eigenvalue weighted by molar-refractivity contribution is -0.141. The Morgan fingerprint density at radius 2 is 1.94 bits per heavy atom. The van der Waals surface area contributed by atoms with Gasteiger partial charge in [0.2, 0.25) is 0 Å². The molecule has 0 aromatic carbocycles. The maximum Gasteiger partial charge on any atom is 0.433 e. The molecule has 1 aromatic heterocycles. The van der Waals surface area contributed by atoms with Crippen LogP contribution in [0.25, 0.3) is 0 Å². The largest absolute Gasteiger partial charge is 0.433 e. The van der Waals surface area contributed by atoms with E-state index in [-0.39, 0.29) is 17.3 Å². The highest BCUT2D eigenvalue weighted by atomic mass is 35.5. The fourth-order valence-electron chi connectivity index (χ4n) is 1.09. The molecule has 0 spiro atoms. The normalized spacial score (nSPS) is 11.9. The summed E-state index contributed by atoms with van der Waals surface area (Å²) in [7, 11) is 0. The average Bonchev–Trinajstić information content (AvgIpc) is 2.15. The van der Waals surface area contributed by atoms with Gasteiger partial charge in [0.1, 0.15) is 10.8 Å². The average molecular weight is 252 g/mol. The van der Waals surface area contributed by atoms with Crippen molar-refractivity contribution in [3.05, 3.63) is 28.5 Å². The van der Waals surface area contributed by atoms with Crippen LogP contribution >= 0.6 is 11.6 Å². The van der Waals surface area contributed by atoms with Crippen LogP contribution in [0, 0.1) is 5.92 Å². The van der Waals surface area contributed by atoms with E-state index in [2.05, 4.69) is 4.98 Å². The third-order valence-corrected chi connectivity index (χ3v) is 2.22. The predicted octanol–water partition coefficient (Wildman–Crippen LogP) is 3.59. The fourth-order valence-corrected chi connectivity index (χ4v) is 1.33. The zero-order chi connectivity index (χ0) is 12.5. The quantitative estimate of drug-likeness (QED) is 0.594. The molecule has 0 aliphatic rings. The summed E-state index contributed by atoms with van der Waals surface area (Å²) in [6.45, 7) is 3.27. The SMILES string of the molecule is CC(C)C(=O)c1ccc(C(F)(F)F)nc1Cl. The van der Waals surface area contributed by atoms with Gasteiger partial charge in [-0.15, -0.1) is 0 Å². The first-order chi connectivity index (χ1) is 7.23. The minimum Gasteiger partial charge on any atom is -0.294 e. The summed E-state index contributed by atoms with van der Waals surface area (Å²) in [6.07, 6.45) is -4.55. The van der Waals surface area contributed by atoms with Crippen molar-refractivity contribution in [1.82, 2.24) is 4.98 Å². The zero-order valence-corrected chi connectivity index (χ0v) is 9.36. The smallest absolute Gasteiger partial charge is 0.294 e. The first-order valence-corrected chi connectivity index (χ1v) is 4.89. The van der Waals surface area contributed by atoms with Gasteiger partial charge in [0.15, 0.2) is 5.78 Å². The monoisotopic (exact) mass is 251 g/mol. The molecule has 0 saturated heterocycles. The summed E-state index contributed by atoms with van der Waals surface area (Å²) in [4.78, 5) is 14.7. The van der Waals surface area contributed by atoms with Gasteiger partial charge < -0.3 is 0 Å². The van der Waals surface area contributed by atoms with Gasteiger partial charge in [-0.05, 0) is 12.1 Å². The Bertz CT molecular complexity index is 415. The molecule has 0 N–H and O–H groups in total. The number of alkyl halides is 3. The Morgan fingerprint density at radius 1 is 1.38 bits per heavy atom. The number of ketones is 1. The molecular formula is C10H9ClF3NO. The highest BCUT2D eigenvalue weighted by Gasteiger charge is 2.33. The second-order valence-electron chi connectivity index (χ2n) is 3.55. The summed E-state index contributed by atoms with van der Waals surface area (Å²) < 4.78 is 36.8. The van der Waals surface area contributed by atoms with E-state index in [1.165, 1.54) is 0 Å². The lowest BCUT2D eigenvalue weighted by Crippen LogP contribution is -2.12. The van der Waals surface area contributed by atoms with Crippen LogP contribution in [0.15, 0.2) is 12.1 Å². The van der Waals surface area contributed by atoms with E-state index in [1.54, 1.807) is 13.8 Å². The molecule has 0 radical (unpaired) electrons. The van der Waals surface area contributed by atoms with E-state index in [9.17, 15) is 18.0 Å². The first-order valence-electron chi connectivity index (χ1n) is 4.51. The zero-order valence-electron chi connectivity index (χ0n) is 8.60. The number of pyridine rings is 1. The van der Waals surface area contributed by atoms with Crippen LogP contribution in [-0.2, 0) is 6.18 Å². The van der Waals surface area contributed by atoms with Crippen LogP contribution in [0.3, 0.4) is 0 Å². The van der Waals surface area contributed by atoms with E-state index in [1.807, 2.05) is 0 Å². The van der Waals surface area contributed by atoms with Crippen molar-refractivity contribution in [2.45, 2.75) is 20.0 Å². The van der Waals surface area contributed by atoms with Crippen molar-refractivity contribution in [2.24, 2.45) is 5.92 Å². The second-order valence-corrected chi connectivity index (χ2v) is 3.91. The molecule has 0 unspecified atom stereocenters. The van der Waals surface area contributed by atoms with Crippen molar-refractivity contribution in [3.8, 4) is 0 Å². The standard InChI is InChI=1S/C10H9ClF3NO/c1-5(2)8(16)6-3-4-7(10(12,13)14)15-9(6)11/h3-5H,1-2H3. The Balaban J connectivity index is 3.15. The van der Waals surface area contributed by atoms with Gasteiger partial charge in [0.05, 0.1) is 5.56 Å². The molecule has 2 nitrogen and oxygen atoms in total. The summed E-state index contributed by atoms with van der Waals surface area (Å²) in [5, 5.41) is -0.409. The molecule has 0 aliphatic heterocycles. The first kappa shape index (κ1) is 13.0. The topological polar surface area (TPSA) is 30.0 Å². The molecule has 1 aromatic rings. The van der Waals surface area contributed by atoms with Gasteiger partial charge in [-0.25, -0.2) is 4.98 Å². The van der Waals surface area contributed by atoms with Crippen LogP contribution < -0.4 is 0 Å². The molecule has 88 valence electrons.